The molecule has 2 atom stereocenters. The van der Waals surface area contributed by atoms with Gasteiger partial charge in [0.1, 0.15) is 6.10 Å². The molecule has 72 valence electrons. The quantitative estimate of drug-likeness (QED) is 0.465. The topological polar surface area (TPSA) is 26.3 Å². The molecule has 5 heteroatoms. The van der Waals surface area contributed by atoms with E-state index in [4.69, 9.17) is 6.42 Å². The minimum absolute atomic E-state index is 0.114. The minimum atomic E-state index is -4.34. The first-order chi connectivity index (χ1) is 5.92. The van der Waals surface area contributed by atoms with Crippen LogP contribution in [-0.2, 0) is 9.53 Å². The van der Waals surface area contributed by atoms with Crippen LogP contribution in [0.4, 0.5) is 13.2 Å². The molecule has 0 spiro atoms. The lowest BCUT2D eigenvalue weighted by molar-refractivity contribution is -0.165. The number of halogens is 3. The Kier molecular flexibility index (Phi) is 2.50. The first-order valence-corrected chi connectivity index (χ1v) is 3.65. The lowest BCUT2D eigenvalue weighted by Gasteiger charge is -2.14. The summed E-state index contributed by atoms with van der Waals surface area (Å²) in [5.74, 6) is 0.724. The number of esters is 1. The van der Waals surface area contributed by atoms with Gasteiger partial charge in [-0.1, -0.05) is 5.92 Å². The monoisotopic (exact) mass is 192 g/mol. The highest BCUT2D eigenvalue weighted by atomic mass is 19.4. The largest absolute Gasteiger partial charge is 0.461 e. The van der Waals surface area contributed by atoms with Gasteiger partial charge < -0.3 is 4.74 Å². The summed E-state index contributed by atoms with van der Waals surface area (Å²) in [4.78, 5) is 10.6. The summed E-state index contributed by atoms with van der Waals surface area (Å²) in [6.07, 6.45) is -1.86. The third kappa shape index (κ3) is 2.65. The number of carbonyl (C=O) groups is 1. The van der Waals surface area contributed by atoms with Crippen LogP contribution < -0.4 is 0 Å². The van der Waals surface area contributed by atoms with E-state index in [-0.39, 0.29) is 6.42 Å². The molecule has 1 aliphatic heterocycles. The van der Waals surface area contributed by atoms with E-state index in [0.717, 1.165) is 0 Å². The number of hydrogen-bond acceptors (Lipinski definition) is 2. The molecular weight excluding hydrogens is 185 g/mol. The molecular formula is C8H7F3O2. The highest BCUT2D eigenvalue weighted by Crippen LogP contribution is 2.31. The molecule has 1 fully saturated rings. The summed E-state index contributed by atoms with van der Waals surface area (Å²) in [7, 11) is 0. The van der Waals surface area contributed by atoms with Gasteiger partial charge in [0, 0.05) is 0 Å². The van der Waals surface area contributed by atoms with Gasteiger partial charge in [-0.2, -0.15) is 13.2 Å². The van der Waals surface area contributed by atoms with Gasteiger partial charge in [-0.05, 0) is 0 Å². The summed E-state index contributed by atoms with van der Waals surface area (Å²) >= 11 is 0. The van der Waals surface area contributed by atoms with Crippen LogP contribution in [0.3, 0.4) is 0 Å². The average molecular weight is 192 g/mol. The standard InChI is InChI=1S/C8H7F3O2/c1-2-5-3-7(12)13-6(5)4-8(9,10)11/h1,5-6H,3-4H2. The SMILES string of the molecule is C#CC1CC(=O)OC1CC(F)(F)F. The van der Waals surface area contributed by atoms with Crippen molar-refractivity contribution in [2.24, 2.45) is 5.92 Å². The molecule has 0 aliphatic carbocycles. The Morgan fingerprint density at radius 2 is 2.23 bits per heavy atom. The summed E-state index contributed by atoms with van der Waals surface area (Å²) in [5.41, 5.74) is 0. The Morgan fingerprint density at radius 1 is 1.62 bits per heavy atom. The van der Waals surface area contributed by atoms with Crippen molar-refractivity contribution in [3.8, 4) is 12.3 Å². The molecule has 0 radical (unpaired) electrons. The van der Waals surface area contributed by atoms with Crippen LogP contribution in [0.1, 0.15) is 12.8 Å². The van der Waals surface area contributed by atoms with E-state index in [1.54, 1.807) is 0 Å². The molecule has 1 rings (SSSR count). The van der Waals surface area contributed by atoms with Crippen LogP contribution in [-0.4, -0.2) is 18.2 Å². The van der Waals surface area contributed by atoms with Crippen molar-refractivity contribution in [1.29, 1.82) is 0 Å². The fourth-order valence-electron chi connectivity index (χ4n) is 1.19. The summed E-state index contributed by atoms with van der Waals surface area (Å²) in [6, 6.07) is 0. The van der Waals surface area contributed by atoms with Gasteiger partial charge in [0.05, 0.1) is 18.8 Å². The van der Waals surface area contributed by atoms with Crippen LogP contribution >= 0.6 is 0 Å². The highest BCUT2D eigenvalue weighted by molar-refractivity contribution is 5.72. The molecule has 0 N–H and O–H groups in total. The zero-order valence-corrected chi connectivity index (χ0v) is 6.60. The molecule has 0 aromatic carbocycles. The fraction of sp³-hybridized carbons (Fsp3) is 0.625. The Labute approximate surface area is 73.1 Å². The molecule has 0 aromatic heterocycles. The predicted octanol–water partition coefficient (Wildman–Crippen LogP) is 1.50. The predicted molar refractivity (Wildman–Crippen MR) is 37.5 cm³/mol. The third-order valence-corrected chi connectivity index (χ3v) is 1.76. The number of terminal acetylenes is 1. The van der Waals surface area contributed by atoms with Crippen LogP contribution in [0.5, 0.6) is 0 Å². The smallest absolute Gasteiger partial charge is 0.392 e. The highest BCUT2D eigenvalue weighted by Gasteiger charge is 2.41. The van der Waals surface area contributed by atoms with Gasteiger partial charge in [-0.25, -0.2) is 0 Å². The van der Waals surface area contributed by atoms with Gasteiger partial charge in [0.15, 0.2) is 0 Å². The van der Waals surface area contributed by atoms with E-state index in [9.17, 15) is 18.0 Å². The molecule has 0 saturated carbocycles. The number of alkyl halides is 3. The summed E-state index contributed by atoms with van der Waals surface area (Å²) < 4.78 is 40.1. The van der Waals surface area contributed by atoms with Gasteiger partial charge in [-0.3, -0.25) is 4.79 Å². The average Bonchev–Trinajstić information content (AvgIpc) is 2.27. The van der Waals surface area contributed by atoms with Crippen LogP contribution in [0.15, 0.2) is 0 Å². The molecule has 1 heterocycles. The van der Waals surface area contributed by atoms with Crippen LogP contribution in [0, 0.1) is 18.3 Å². The van der Waals surface area contributed by atoms with Gasteiger partial charge in [-0.15, -0.1) is 6.42 Å². The Hall–Kier alpha value is -1.18. The van der Waals surface area contributed by atoms with Crippen LogP contribution in [0.2, 0.25) is 0 Å². The molecule has 0 aromatic rings. The number of cyclic esters (lactones) is 1. The van der Waals surface area contributed by atoms with Crippen molar-refractivity contribution < 1.29 is 22.7 Å². The zero-order valence-electron chi connectivity index (χ0n) is 6.60. The van der Waals surface area contributed by atoms with Crippen LogP contribution in [0.25, 0.3) is 0 Å². The van der Waals surface area contributed by atoms with E-state index in [0.29, 0.717) is 0 Å². The molecule has 2 unspecified atom stereocenters. The van der Waals surface area contributed by atoms with Gasteiger partial charge in [0.25, 0.3) is 0 Å². The third-order valence-electron chi connectivity index (χ3n) is 1.76. The number of carbonyl (C=O) groups excluding carboxylic acids is 1. The fourth-order valence-corrected chi connectivity index (χ4v) is 1.19. The molecule has 2 nitrogen and oxygen atoms in total. The first-order valence-electron chi connectivity index (χ1n) is 3.65. The van der Waals surface area contributed by atoms with E-state index in [2.05, 4.69) is 10.7 Å². The summed E-state index contributed by atoms with van der Waals surface area (Å²) in [5, 5.41) is 0. The Balaban J connectivity index is 2.60. The Morgan fingerprint density at radius 3 is 2.69 bits per heavy atom. The second-order valence-electron chi connectivity index (χ2n) is 2.82. The van der Waals surface area contributed by atoms with Crippen molar-refractivity contribution in [1.82, 2.24) is 0 Å². The number of rotatable bonds is 1. The van der Waals surface area contributed by atoms with E-state index in [1.807, 2.05) is 0 Å². The maximum Gasteiger partial charge on any atom is 0.392 e. The lowest BCUT2D eigenvalue weighted by atomic mass is 10.00. The normalized spacial score (nSPS) is 28.3. The minimum Gasteiger partial charge on any atom is -0.461 e. The second-order valence-corrected chi connectivity index (χ2v) is 2.82. The van der Waals surface area contributed by atoms with Gasteiger partial charge >= 0.3 is 12.1 Å². The molecule has 13 heavy (non-hydrogen) atoms. The summed E-state index contributed by atoms with van der Waals surface area (Å²) in [6.45, 7) is 0. The Bertz CT molecular complexity index is 251. The molecule has 0 amide bonds. The van der Waals surface area contributed by atoms with E-state index < -0.39 is 30.6 Å². The maximum absolute atomic E-state index is 11.9. The first kappa shape index (κ1) is 9.90. The van der Waals surface area contributed by atoms with E-state index >= 15 is 0 Å². The molecule has 1 aliphatic rings. The molecule has 0 bridgehead atoms. The number of hydrogen-bond donors (Lipinski definition) is 0. The van der Waals surface area contributed by atoms with Crippen molar-refractivity contribution in [3.05, 3.63) is 0 Å². The number of ether oxygens (including phenoxy) is 1. The maximum atomic E-state index is 11.9. The lowest BCUT2D eigenvalue weighted by Crippen LogP contribution is -2.23. The molecule has 1 saturated heterocycles. The van der Waals surface area contributed by atoms with Crippen molar-refractivity contribution in [3.63, 3.8) is 0 Å². The zero-order chi connectivity index (χ0) is 10.1. The van der Waals surface area contributed by atoms with Crippen molar-refractivity contribution in [2.75, 3.05) is 0 Å². The van der Waals surface area contributed by atoms with Crippen molar-refractivity contribution in [2.45, 2.75) is 25.1 Å². The van der Waals surface area contributed by atoms with Gasteiger partial charge in [0.2, 0.25) is 0 Å². The van der Waals surface area contributed by atoms with E-state index in [1.165, 1.54) is 0 Å². The second kappa shape index (κ2) is 3.29. The van der Waals surface area contributed by atoms with Crippen molar-refractivity contribution >= 4 is 5.97 Å².